The number of hydrogen-bond donors (Lipinski definition) is 0. The summed E-state index contributed by atoms with van der Waals surface area (Å²) < 4.78 is 72.5. The summed E-state index contributed by atoms with van der Waals surface area (Å²) in [4.78, 5) is 0. The summed E-state index contributed by atoms with van der Waals surface area (Å²) in [5.74, 6) is -0.549. The van der Waals surface area contributed by atoms with E-state index in [1.807, 2.05) is 0 Å². The summed E-state index contributed by atoms with van der Waals surface area (Å²) in [6.45, 7) is 0. The van der Waals surface area contributed by atoms with Gasteiger partial charge in [0.25, 0.3) is 0 Å². The molecule has 0 fully saturated rings. The lowest BCUT2D eigenvalue weighted by Gasteiger charge is -1.99. The van der Waals surface area contributed by atoms with Gasteiger partial charge in [0.15, 0.2) is 0 Å². The van der Waals surface area contributed by atoms with E-state index in [9.17, 15) is 24.3 Å². The highest BCUT2D eigenvalue weighted by Crippen LogP contribution is 2.23. The standard InChI is InChI=1S/C6H4F3NO4S2/c7-15(8,11)10-5-2-1-3-6(4-5)14-16(9,12)13/h1-4H. The third kappa shape index (κ3) is 4.98. The van der Waals surface area contributed by atoms with Gasteiger partial charge in [0, 0.05) is 6.07 Å². The average molecular weight is 275 g/mol. The van der Waals surface area contributed by atoms with Crippen LogP contribution in [0.1, 0.15) is 0 Å². The van der Waals surface area contributed by atoms with Crippen LogP contribution in [-0.2, 0) is 21.0 Å². The number of hydrogen-bond acceptors (Lipinski definition) is 5. The van der Waals surface area contributed by atoms with Crippen LogP contribution in [-0.4, -0.2) is 12.6 Å². The van der Waals surface area contributed by atoms with Gasteiger partial charge in [0.05, 0.1) is 5.69 Å². The maximum atomic E-state index is 12.1. The van der Waals surface area contributed by atoms with Crippen LogP contribution in [0.5, 0.6) is 5.75 Å². The van der Waals surface area contributed by atoms with E-state index in [0.717, 1.165) is 18.2 Å². The fourth-order valence-corrected chi connectivity index (χ4v) is 1.52. The Bertz CT molecular complexity index is 598. The SMILES string of the molecule is O=S(=O)(F)Oc1cccc(N=S(=O)(F)F)c1. The Morgan fingerprint density at radius 2 is 1.75 bits per heavy atom. The molecule has 90 valence electrons. The summed E-state index contributed by atoms with van der Waals surface area (Å²) >= 11 is 0. The zero-order valence-electron chi connectivity index (χ0n) is 7.34. The van der Waals surface area contributed by atoms with Gasteiger partial charge in [0.1, 0.15) is 5.75 Å². The largest absolute Gasteiger partial charge is 0.488 e. The first-order chi connectivity index (χ1) is 7.16. The van der Waals surface area contributed by atoms with E-state index in [1.54, 1.807) is 0 Å². The molecule has 1 aromatic carbocycles. The highest BCUT2D eigenvalue weighted by molar-refractivity contribution is 7.83. The number of halogens is 3. The lowest BCUT2D eigenvalue weighted by molar-refractivity contribution is 0.440. The van der Waals surface area contributed by atoms with E-state index < -0.39 is 32.4 Å². The molecule has 0 saturated heterocycles. The fraction of sp³-hybridized carbons (Fsp3) is 0. The van der Waals surface area contributed by atoms with Crippen LogP contribution in [0, 0.1) is 0 Å². The minimum atomic E-state index is -5.36. The van der Waals surface area contributed by atoms with Crippen LogP contribution in [0.4, 0.5) is 17.3 Å². The van der Waals surface area contributed by atoms with Gasteiger partial charge in [-0.3, -0.25) is 0 Å². The Labute approximate surface area is 90.0 Å². The van der Waals surface area contributed by atoms with E-state index in [2.05, 4.69) is 8.55 Å². The lowest BCUT2D eigenvalue weighted by Crippen LogP contribution is -2.00. The maximum Gasteiger partial charge on any atom is 0.488 e. The Morgan fingerprint density at radius 3 is 2.25 bits per heavy atom. The molecular weight excluding hydrogens is 271 g/mol. The molecule has 1 aromatic rings. The predicted molar refractivity (Wildman–Crippen MR) is 49.5 cm³/mol. The number of nitrogens with zero attached hydrogens (tertiary/aromatic N) is 1. The minimum Gasteiger partial charge on any atom is -0.358 e. The van der Waals surface area contributed by atoms with Crippen LogP contribution in [0.2, 0.25) is 0 Å². The van der Waals surface area contributed by atoms with Crippen LogP contribution in [0.25, 0.3) is 0 Å². The normalized spacial score (nSPS) is 12.2. The molecule has 10 heteroatoms. The van der Waals surface area contributed by atoms with Crippen molar-refractivity contribution in [1.82, 2.24) is 0 Å². The van der Waals surface area contributed by atoms with Crippen LogP contribution in [0.15, 0.2) is 28.6 Å². The van der Waals surface area contributed by atoms with Gasteiger partial charge in [-0.25, -0.2) is 0 Å². The van der Waals surface area contributed by atoms with Crippen molar-refractivity contribution in [3.05, 3.63) is 24.3 Å². The van der Waals surface area contributed by atoms with Gasteiger partial charge in [0.2, 0.25) is 0 Å². The van der Waals surface area contributed by atoms with Crippen molar-refractivity contribution in [2.75, 3.05) is 0 Å². The molecule has 16 heavy (non-hydrogen) atoms. The molecule has 0 amide bonds. The molecule has 1 rings (SSSR count). The van der Waals surface area contributed by atoms with Gasteiger partial charge in [-0.15, -0.1) is 4.36 Å². The molecule has 0 aliphatic rings. The molecule has 0 heterocycles. The van der Waals surface area contributed by atoms with Gasteiger partial charge < -0.3 is 4.18 Å². The molecule has 0 radical (unpaired) electrons. The van der Waals surface area contributed by atoms with Crippen molar-refractivity contribution in [2.24, 2.45) is 4.36 Å². The van der Waals surface area contributed by atoms with E-state index in [-0.39, 0.29) is 0 Å². The Kier molecular flexibility index (Phi) is 3.43. The van der Waals surface area contributed by atoms with E-state index in [4.69, 9.17) is 0 Å². The highest BCUT2D eigenvalue weighted by atomic mass is 32.3. The maximum absolute atomic E-state index is 12.1. The molecule has 0 atom stereocenters. The average Bonchev–Trinajstić information content (AvgIpc) is 1.96. The summed E-state index contributed by atoms with van der Waals surface area (Å²) in [6.07, 6.45) is 0. The van der Waals surface area contributed by atoms with Crippen molar-refractivity contribution in [1.29, 1.82) is 0 Å². The first-order valence-electron chi connectivity index (χ1n) is 3.56. The van der Waals surface area contributed by atoms with Gasteiger partial charge in [-0.05, 0) is 12.1 Å². The predicted octanol–water partition coefficient (Wildman–Crippen LogP) is 2.15. The number of benzene rings is 1. The Hall–Kier alpha value is -1.29. The van der Waals surface area contributed by atoms with Gasteiger partial charge >= 0.3 is 21.0 Å². The molecule has 5 nitrogen and oxygen atoms in total. The second-order valence-corrected chi connectivity index (χ2v) is 4.39. The molecule has 0 aliphatic heterocycles. The molecule has 0 N–H and O–H groups in total. The van der Waals surface area contributed by atoms with Crippen molar-refractivity contribution in [3.63, 3.8) is 0 Å². The fourth-order valence-electron chi connectivity index (χ4n) is 0.830. The van der Waals surface area contributed by atoms with E-state index in [0.29, 0.717) is 6.07 Å². The molecule has 0 bridgehead atoms. The number of rotatable bonds is 3. The molecule has 0 saturated carbocycles. The lowest BCUT2D eigenvalue weighted by atomic mass is 10.3. The van der Waals surface area contributed by atoms with E-state index in [1.165, 1.54) is 0 Å². The molecule has 0 unspecified atom stereocenters. The summed E-state index contributed by atoms with van der Waals surface area (Å²) in [7, 11) is -10.6. The Morgan fingerprint density at radius 1 is 1.12 bits per heavy atom. The first kappa shape index (κ1) is 12.8. The monoisotopic (exact) mass is 275 g/mol. The van der Waals surface area contributed by atoms with Crippen molar-refractivity contribution in [2.45, 2.75) is 0 Å². The van der Waals surface area contributed by atoms with Crippen molar-refractivity contribution < 1.29 is 28.5 Å². The van der Waals surface area contributed by atoms with Crippen molar-refractivity contribution in [3.8, 4) is 5.75 Å². The van der Waals surface area contributed by atoms with Gasteiger partial charge in [-0.2, -0.15) is 12.6 Å². The summed E-state index contributed by atoms with van der Waals surface area (Å²) in [5.41, 5.74) is -0.490. The zero-order chi connectivity index (χ0) is 12.4. The topological polar surface area (TPSA) is 72.8 Å². The van der Waals surface area contributed by atoms with Crippen LogP contribution >= 0.6 is 0 Å². The molecule has 0 aliphatic carbocycles. The summed E-state index contributed by atoms with van der Waals surface area (Å²) in [5, 5.41) is 0. The van der Waals surface area contributed by atoms with Crippen LogP contribution in [0.3, 0.4) is 0 Å². The molecule has 0 spiro atoms. The van der Waals surface area contributed by atoms with Gasteiger partial charge in [-0.1, -0.05) is 17.7 Å². The van der Waals surface area contributed by atoms with E-state index >= 15 is 0 Å². The third-order valence-corrected chi connectivity index (χ3v) is 2.04. The van der Waals surface area contributed by atoms with Crippen molar-refractivity contribution >= 4 is 26.7 Å². The second kappa shape index (κ2) is 4.29. The summed E-state index contributed by atoms with van der Waals surface area (Å²) in [6, 6.07) is 3.82. The third-order valence-electron chi connectivity index (χ3n) is 1.23. The minimum absolute atomic E-state index is 0.490. The van der Waals surface area contributed by atoms with Crippen LogP contribution < -0.4 is 4.18 Å². The smallest absolute Gasteiger partial charge is 0.358 e. The highest BCUT2D eigenvalue weighted by Gasteiger charge is 2.10. The molecule has 0 aromatic heterocycles. The first-order valence-corrected chi connectivity index (χ1v) is 6.19. The Balaban J connectivity index is 3.11. The quantitative estimate of drug-likeness (QED) is 0.792. The zero-order valence-corrected chi connectivity index (χ0v) is 8.97. The second-order valence-electron chi connectivity index (χ2n) is 2.46. The molecular formula is C6H4F3NO4S2.